The first-order valence-corrected chi connectivity index (χ1v) is 6.83. The van der Waals surface area contributed by atoms with Gasteiger partial charge in [-0.1, -0.05) is 24.3 Å². The van der Waals surface area contributed by atoms with Crippen LogP contribution in [0.25, 0.3) is 0 Å². The van der Waals surface area contributed by atoms with Gasteiger partial charge in [0.15, 0.2) is 0 Å². The number of aliphatic hydroxyl groups excluding tert-OH is 1. The normalized spacial score (nSPS) is 13.2. The summed E-state index contributed by atoms with van der Waals surface area (Å²) in [6, 6.07) is 12.1. The maximum Gasteiger partial charge on any atom is 0.123 e. The van der Waals surface area contributed by atoms with Gasteiger partial charge in [0.1, 0.15) is 11.6 Å². The third kappa shape index (κ3) is 4.09. The molecule has 0 saturated carbocycles. The molecule has 0 bridgehead atoms. The lowest BCUT2D eigenvalue weighted by Crippen LogP contribution is -2.39. The van der Waals surface area contributed by atoms with Crippen LogP contribution in [-0.4, -0.2) is 11.7 Å². The van der Waals surface area contributed by atoms with Gasteiger partial charge in [-0.15, -0.1) is 0 Å². The number of aliphatic hydroxyl groups is 1. The highest BCUT2D eigenvalue weighted by molar-refractivity contribution is 5.24. The molecule has 0 amide bonds. The van der Waals surface area contributed by atoms with Crippen LogP contribution in [0.4, 0.5) is 8.78 Å². The van der Waals surface area contributed by atoms with Crippen LogP contribution in [0.1, 0.15) is 31.1 Å². The van der Waals surface area contributed by atoms with E-state index in [2.05, 4.69) is 5.32 Å². The minimum absolute atomic E-state index is 0.287. The Bertz CT molecular complexity index is 596. The molecule has 0 saturated heterocycles. The van der Waals surface area contributed by atoms with Crippen LogP contribution in [0.3, 0.4) is 0 Å². The quantitative estimate of drug-likeness (QED) is 0.883. The maximum absolute atomic E-state index is 13.3. The second-order valence-electron chi connectivity index (χ2n) is 5.58. The van der Waals surface area contributed by atoms with Crippen molar-refractivity contribution in [2.45, 2.75) is 25.5 Å². The van der Waals surface area contributed by atoms with Crippen molar-refractivity contribution in [3.05, 3.63) is 71.3 Å². The Morgan fingerprint density at radius 1 is 1.05 bits per heavy atom. The average molecular weight is 291 g/mol. The molecule has 112 valence electrons. The van der Waals surface area contributed by atoms with E-state index < -0.39 is 11.6 Å². The average Bonchev–Trinajstić information content (AvgIpc) is 2.45. The van der Waals surface area contributed by atoms with Crippen molar-refractivity contribution >= 4 is 0 Å². The summed E-state index contributed by atoms with van der Waals surface area (Å²) in [7, 11) is 0. The summed E-state index contributed by atoms with van der Waals surface area (Å²) < 4.78 is 26.1. The van der Waals surface area contributed by atoms with E-state index >= 15 is 0 Å². The number of benzene rings is 2. The minimum Gasteiger partial charge on any atom is -0.387 e. The number of hydrogen-bond acceptors (Lipinski definition) is 2. The predicted molar refractivity (Wildman–Crippen MR) is 78.8 cm³/mol. The van der Waals surface area contributed by atoms with Gasteiger partial charge in [-0.2, -0.15) is 0 Å². The van der Waals surface area contributed by atoms with Crippen molar-refractivity contribution in [3.63, 3.8) is 0 Å². The second kappa shape index (κ2) is 6.33. The van der Waals surface area contributed by atoms with Gasteiger partial charge >= 0.3 is 0 Å². The topological polar surface area (TPSA) is 32.3 Å². The molecule has 0 aliphatic rings. The molecule has 1 unspecified atom stereocenters. The molecule has 2 aromatic carbocycles. The fraction of sp³-hybridized carbons (Fsp3) is 0.294. The monoisotopic (exact) mass is 291 g/mol. The Morgan fingerprint density at radius 3 is 2.33 bits per heavy atom. The van der Waals surface area contributed by atoms with E-state index in [-0.39, 0.29) is 18.2 Å². The molecule has 2 nitrogen and oxygen atoms in total. The zero-order valence-corrected chi connectivity index (χ0v) is 12.1. The summed E-state index contributed by atoms with van der Waals surface area (Å²) in [6.45, 7) is 4.12. The summed E-state index contributed by atoms with van der Waals surface area (Å²) in [5.74, 6) is -0.625. The van der Waals surface area contributed by atoms with E-state index in [1.165, 1.54) is 24.3 Å². The molecule has 1 atom stereocenters. The van der Waals surface area contributed by atoms with Crippen molar-refractivity contribution in [1.29, 1.82) is 0 Å². The fourth-order valence-corrected chi connectivity index (χ4v) is 2.13. The summed E-state index contributed by atoms with van der Waals surface area (Å²) in [5, 5.41) is 13.3. The third-order valence-electron chi connectivity index (χ3n) is 3.54. The van der Waals surface area contributed by atoms with Gasteiger partial charge in [-0.25, -0.2) is 8.78 Å². The van der Waals surface area contributed by atoms with Crippen LogP contribution in [0.5, 0.6) is 0 Å². The van der Waals surface area contributed by atoms with Crippen LogP contribution >= 0.6 is 0 Å². The Kier molecular flexibility index (Phi) is 4.70. The lowest BCUT2D eigenvalue weighted by atomic mass is 9.93. The Morgan fingerprint density at radius 2 is 1.71 bits per heavy atom. The summed E-state index contributed by atoms with van der Waals surface area (Å²) in [6.07, 6.45) is -0.751. The third-order valence-corrected chi connectivity index (χ3v) is 3.54. The maximum atomic E-state index is 13.3. The van der Waals surface area contributed by atoms with Gasteiger partial charge in [-0.05, 0) is 49.2 Å². The smallest absolute Gasteiger partial charge is 0.123 e. The van der Waals surface area contributed by atoms with E-state index in [0.29, 0.717) is 5.56 Å². The standard InChI is InChI=1S/C17H19F2NO/c1-17(2,13-4-3-5-15(19)10-13)20-11-16(21)12-6-8-14(18)9-7-12/h3-10,16,20-21H,11H2,1-2H3. The number of halogens is 2. The first-order valence-electron chi connectivity index (χ1n) is 6.83. The van der Waals surface area contributed by atoms with Crippen molar-refractivity contribution in [2.75, 3.05) is 6.54 Å². The number of nitrogens with one attached hydrogen (secondary N) is 1. The lowest BCUT2D eigenvalue weighted by molar-refractivity contribution is 0.161. The molecule has 0 aromatic heterocycles. The number of rotatable bonds is 5. The van der Waals surface area contributed by atoms with E-state index in [0.717, 1.165) is 5.56 Å². The zero-order valence-electron chi connectivity index (χ0n) is 12.1. The Labute approximate surface area is 123 Å². The molecule has 4 heteroatoms. The van der Waals surface area contributed by atoms with Crippen LogP contribution < -0.4 is 5.32 Å². The zero-order chi connectivity index (χ0) is 15.5. The van der Waals surface area contributed by atoms with Gasteiger partial charge in [0, 0.05) is 12.1 Å². The highest BCUT2D eigenvalue weighted by Crippen LogP contribution is 2.22. The minimum atomic E-state index is -0.751. The molecule has 0 heterocycles. The second-order valence-corrected chi connectivity index (χ2v) is 5.58. The summed E-state index contributed by atoms with van der Waals surface area (Å²) in [5.41, 5.74) is 0.955. The van der Waals surface area contributed by atoms with Crippen molar-refractivity contribution in [1.82, 2.24) is 5.32 Å². The molecule has 2 N–H and O–H groups in total. The highest BCUT2D eigenvalue weighted by Gasteiger charge is 2.21. The summed E-state index contributed by atoms with van der Waals surface area (Å²) >= 11 is 0. The predicted octanol–water partition coefficient (Wildman–Crippen LogP) is 3.52. The van der Waals surface area contributed by atoms with Gasteiger partial charge < -0.3 is 10.4 Å². The molecular formula is C17H19F2NO. The van der Waals surface area contributed by atoms with E-state index in [1.807, 2.05) is 19.9 Å². The molecule has 2 aromatic rings. The summed E-state index contributed by atoms with van der Waals surface area (Å²) in [4.78, 5) is 0. The molecule has 0 radical (unpaired) electrons. The molecule has 0 spiro atoms. The van der Waals surface area contributed by atoms with Gasteiger partial charge in [0.05, 0.1) is 6.10 Å². The van der Waals surface area contributed by atoms with Crippen LogP contribution in [0.2, 0.25) is 0 Å². The first-order chi connectivity index (χ1) is 9.88. The SMILES string of the molecule is CC(C)(NCC(O)c1ccc(F)cc1)c1cccc(F)c1. The molecule has 0 aliphatic carbocycles. The van der Waals surface area contributed by atoms with Crippen molar-refractivity contribution in [2.24, 2.45) is 0 Å². The van der Waals surface area contributed by atoms with Crippen molar-refractivity contribution in [3.8, 4) is 0 Å². The van der Waals surface area contributed by atoms with E-state index in [9.17, 15) is 13.9 Å². The molecule has 0 fully saturated rings. The molecule has 2 rings (SSSR count). The largest absolute Gasteiger partial charge is 0.387 e. The fourth-order valence-electron chi connectivity index (χ4n) is 2.13. The van der Waals surface area contributed by atoms with Crippen LogP contribution in [0.15, 0.2) is 48.5 Å². The van der Waals surface area contributed by atoms with Crippen molar-refractivity contribution < 1.29 is 13.9 Å². The van der Waals surface area contributed by atoms with Gasteiger partial charge in [0.25, 0.3) is 0 Å². The Balaban J connectivity index is 2.02. The number of hydrogen-bond donors (Lipinski definition) is 2. The highest BCUT2D eigenvalue weighted by atomic mass is 19.1. The van der Waals surface area contributed by atoms with Crippen LogP contribution in [-0.2, 0) is 5.54 Å². The lowest BCUT2D eigenvalue weighted by Gasteiger charge is -2.28. The molecular weight excluding hydrogens is 272 g/mol. The van der Waals surface area contributed by atoms with Gasteiger partial charge in [-0.3, -0.25) is 0 Å². The molecule has 0 aliphatic heterocycles. The van der Waals surface area contributed by atoms with Crippen LogP contribution in [0, 0.1) is 11.6 Å². The Hall–Kier alpha value is -1.78. The van der Waals surface area contributed by atoms with E-state index in [4.69, 9.17) is 0 Å². The van der Waals surface area contributed by atoms with E-state index in [1.54, 1.807) is 18.2 Å². The van der Waals surface area contributed by atoms with Gasteiger partial charge in [0.2, 0.25) is 0 Å². The molecule has 21 heavy (non-hydrogen) atoms. The first kappa shape index (κ1) is 15.6.